The molecule has 1 aromatic carbocycles. The molecule has 1 heterocycles. The molecular weight excluding hydrogens is 300 g/mol. The topological polar surface area (TPSA) is 57.7 Å². The van der Waals surface area contributed by atoms with Gasteiger partial charge in [0.1, 0.15) is 0 Å². The van der Waals surface area contributed by atoms with Crippen LogP contribution in [0.4, 0.5) is 0 Å². The van der Waals surface area contributed by atoms with Gasteiger partial charge in [-0.1, -0.05) is 43.2 Å². The van der Waals surface area contributed by atoms with Crippen LogP contribution < -0.4 is 0 Å². The van der Waals surface area contributed by atoms with Crippen molar-refractivity contribution >= 4 is 15.9 Å². The first-order valence-corrected chi connectivity index (χ1v) is 9.58. The van der Waals surface area contributed by atoms with Crippen molar-refractivity contribution in [3.05, 3.63) is 35.9 Å². The Labute approximate surface area is 133 Å². The average Bonchev–Trinajstić information content (AvgIpc) is 2.76. The molecule has 0 aromatic heterocycles. The molecule has 6 heteroatoms. The van der Waals surface area contributed by atoms with Gasteiger partial charge in [-0.25, -0.2) is 8.42 Å². The van der Waals surface area contributed by atoms with Crippen LogP contribution in [-0.4, -0.2) is 49.4 Å². The fourth-order valence-electron chi connectivity index (χ4n) is 2.65. The molecule has 0 spiro atoms. The summed E-state index contributed by atoms with van der Waals surface area (Å²) in [6.07, 6.45) is 5.45. The summed E-state index contributed by atoms with van der Waals surface area (Å²) in [5.74, 6) is -0.0942. The molecule has 0 N–H and O–H groups in total. The Bertz CT molecular complexity index is 579. The lowest BCUT2D eigenvalue weighted by molar-refractivity contribution is -0.131. The zero-order chi connectivity index (χ0) is 16.0. The summed E-state index contributed by atoms with van der Waals surface area (Å²) in [4.78, 5) is 14.2. The van der Waals surface area contributed by atoms with Crippen LogP contribution in [0, 0.1) is 0 Å². The lowest BCUT2D eigenvalue weighted by atomic mass is 10.2. The van der Waals surface area contributed by atoms with Gasteiger partial charge in [-0.05, 0) is 18.4 Å². The van der Waals surface area contributed by atoms with Gasteiger partial charge in [-0.2, -0.15) is 4.31 Å². The number of hydrogen-bond donors (Lipinski definition) is 0. The lowest BCUT2D eigenvalue weighted by Gasteiger charge is -2.25. The van der Waals surface area contributed by atoms with Gasteiger partial charge in [-0.15, -0.1) is 0 Å². The Morgan fingerprint density at radius 3 is 2.23 bits per heavy atom. The molecular formula is C16H24N2O3S. The largest absolute Gasteiger partial charge is 0.342 e. The maximum Gasteiger partial charge on any atom is 0.237 e. The van der Waals surface area contributed by atoms with Gasteiger partial charge in [0.2, 0.25) is 15.9 Å². The van der Waals surface area contributed by atoms with E-state index in [0.717, 1.165) is 50.6 Å². The highest BCUT2D eigenvalue weighted by atomic mass is 32.2. The van der Waals surface area contributed by atoms with Crippen LogP contribution >= 0.6 is 0 Å². The standard InChI is InChI=1S/C16H24N2O3S/c1-22(20,21)18(13-15-9-5-4-6-10-15)14-16(19)17-11-7-2-3-8-12-17/h4-6,9-10H,2-3,7-8,11-14H2,1H3. The molecule has 1 aliphatic rings. The molecule has 122 valence electrons. The van der Waals surface area contributed by atoms with Gasteiger partial charge in [-0.3, -0.25) is 4.79 Å². The van der Waals surface area contributed by atoms with E-state index in [2.05, 4.69) is 0 Å². The van der Waals surface area contributed by atoms with Crippen LogP contribution in [0.5, 0.6) is 0 Å². The number of benzene rings is 1. The van der Waals surface area contributed by atoms with E-state index in [4.69, 9.17) is 0 Å². The molecule has 2 rings (SSSR count). The lowest BCUT2D eigenvalue weighted by Crippen LogP contribution is -2.42. The first-order valence-electron chi connectivity index (χ1n) is 7.73. The van der Waals surface area contributed by atoms with E-state index in [1.165, 1.54) is 4.31 Å². The fourth-order valence-corrected chi connectivity index (χ4v) is 3.38. The summed E-state index contributed by atoms with van der Waals surface area (Å²) in [5.41, 5.74) is 0.886. The van der Waals surface area contributed by atoms with E-state index in [1.807, 2.05) is 30.3 Å². The van der Waals surface area contributed by atoms with Gasteiger partial charge in [0.05, 0.1) is 12.8 Å². The van der Waals surface area contributed by atoms with E-state index in [1.54, 1.807) is 4.90 Å². The van der Waals surface area contributed by atoms with Crippen molar-refractivity contribution in [2.75, 3.05) is 25.9 Å². The summed E-state index contributed by atoms with van der Waals surface area (Å²) < 4.78 is 25.2. The normalized spacial score (nSPS) is 16.5. The Kier molecular flexibility index (Phi) is 5.97. The Hall–Kier alpha value is -1.40. The smallest absolute Gasteiger partial charge is 0.237 e. The molecule has 0 bridgehead atoms. The molecule has 1 amide bonds. The van der Waals surface area contributed by atoms with Gasteiger partial charge >= 0.3 is 0 Å². The van der Waals surface area contributed by atoms with E-state index in [0.29, 0.717) is 0 Å². The van der Waals surface area contributed by atoms with E-state index >= 15 is 0 Å². The maximum atomic E-state index is 12.4. The molecule has 5 nitrogen and oxygen atoms in total. The summed E-state index contributed by atoms with van der Waals surface area (Å²) in [6, 6.07) is 9.36. The number of sulfonamides is 1. The Morgan fingerprint density at radius 1 is 1.09 bits per heavy atom. The molecule has 0 aliphatic carbocycles. The Balaban J connectivity index is 2.05. The predicted octanol–water partition coefficient (Wildman–Crippen LogP) is 1.85. The number of rotatable bonds is 5. The number of carbonyl (C=O) groups is 1. The van der Waals surface area contributed by atoms with E-state index in [-0.39, 0.29) is 19.0 Å². The number of nitrogens with zero attached hydrogens (tertiary/aromatic N) is 2. The third-order valence-corrected chi connectivity index (χ3v) is 5.14. The van der Waals surface area contributed by atoms with Gasteiger partial charge in [0.25, 0.3) is 0 Å². The van der Waals surface area contributed by atoms with Crippen LogP contribution in [-0.2, 0) is 21.4 Å². The number of hydrogen-bond acceptors (Lipinski definition) is 3. The van der Waals surface area contributed by atoms with Crippen molar-refractivity contribution in [2.24, 2.45) is 0 Å². The minimum absolute atomic E-state index is 0.0757. The predicted molar refractivity (Wildman–Crippen MR) is 86.7 cm³/mol. The average molecular weight is 324 g/mol. The van der Waals surface area contributed by atoms with Gasteiger partial charge < -0.3 is 4.90 Å². The third kappa shape index (κ3) is 5.10. The molecule has 0 atom stereocenters. The zero-order valence-corrected chi connectivity index (χ0v) is 13.9. The summed E-state index contributed by atoms with van der Waals surface area (Å²) in [6.45, 7) is 1.64. The summed E-state index contributed by atoms with van der Waals surface area (Å²) >= 11 is 0. The van der Waals surface area contributed by atoms with Crippen molar-refractivity contribution in [2.45, 2.75) is 32.2 Å². The maximum absolute atomic E-state index is 12.4. The third-order valence-electron chi connectivity index (χ3n) is 3.94. The Morgan fingerprint density at radius 2 is 1.68 bits per heavy atom. The zero-order valence-electron chi connectivity index (χ0n) is 13.1. The second-order valence-corrected chi connectivity index (χ2v) is 7.79. The van der Waals surface area contributed by atoms with Crippen LogP contribution in [0.1, 0.15) is 31.2 Å². The van der Waals surface area contributed by atoms with Crippen LogP contribution in [0.25, 0.3) is 0 Å². The fraction of sp³-hybridized carbons (Fsp3) is 0.562. The highest BCUT2D eigenvalue weighted by molar-refractivity contribution is 7.88. The molecule has 0 saturated carbocycles. The van der Waals surface area contributed by atoms with E-state index < -0.39 is 10.0 Å². The van der Waals surface area contributed by atoms with Crippen molar-refractivity contribution in [1.29, 1.82) is 0 Å². The van der Waals surface area contributed by atoms with Crippen molar-refractivity contribution in [3.63, 3.8) is 0 Å². The molecule has 0 unspecified atom stereocenters. The molecule has 1 saturated heterocycles. The first kappa shape index (κ1) is 17.0. The minimum atomic E-state index is -3.42. The van der Waals surface area contributed by atoms with Crippen molar-refractivity contribution in [3.8, 4) is 0 Å². The van der Waals surface area contributed by atoms with Gasteiger partial charge in [0.15, 0.2) is 0 Å². The molecule has 1 fully saturated rings. The second-order valence-electron chi connectivity index (χ2n) is 5.81. The molecule has 1 aliphatic heterocycles. The van der Waals surface area contributed by atoms with Crippen LogP contribution in [0.15, 0.2) is 30.3 Å². The SMILES string of the molecule is CS(=O)(=O)N(CC(=O)N1CCCCCC1)Cc1ccccc1. The van der Waals surface area contributed by atoms with E-state index in [9.17, 15) is 13.2 Å². The van der Waals surface area contributed by atoms with Crippen molar-refractivity contribution < 1.29 is 13.2 Å². The van der Waals surface area contributed by atoms with Crippen LogP contribution in [0.2, 0.25) is 0 Å². The monoisotopic (exact) mass is 324 g/mol. The highest BCUT2D eigenvalue weighted by Crippen LogP contribution is 2.12. The molecule has 1 aromatic rings. The quantitative estimate of drug-likeness (QED) is 0.830. The summed E-state index contributed by atoms with van der Waals surface area (Å²) in [5, 5.41) is 0. The highest BCUT2D eigenvalue weighted by Gasteiger charge is 2.24. The molecule has 0 radical (unpaired) electrons. The van der Waals surface area contributed by atoms with Crippen LogP contribution in [0.3, 0.4) is 0 Å². The summed E-state index contributed by atoms with van der Waals surface area (Å²) in [7, 11) is -3.42. The number of amides is 1. The molecule has 22 heavy (non-hydrogen) atoms. The number of carbonyl (C=O) groups excluding carboxylic acids is 1. The van der Waals surface area contributed by atoms with Gasteiger partial charge in [0, 0.05) is 19.6 Å². The number of likely N-dealkylation sites (tertiary alicyclic amines) is 1. The first-order chi connectivity index (χ1) is 10.5. The second kappa shape index (κ2) is 7.74. The minimum Gasteiger partial charge on any atom is -0.342 e. The van der Waals surface area contributed by atoms with Crippen molar-refractivity contribution in [1.82, 2.24) is 9.21 Å².